The second-order valence-electron chi connectivity index (χ2n) is 7.00. The smallest absolute Gasteiger partial charge is 0.296 e. The molecule has 0 bridgehead atoms. The van der Waals surface area contributed by atoms with Gasteiger partial charge >= 0.3 is 0 Å². The SMILES string of the molecule is COc1c(Cl)cc(/C(O)=C2\C(=O)C(=O)N(Cc3ccccn3)C2c2ccncc2)cc1Cl. The molecule has 1 atom stereocenters. The molecule has 1 fully saturated rings. The lowest BCUT2D eigenvalue weighted by Gasteiger charge is -2.25. The monoisotopic (exact) mass is 469 g/mol. The van der Waals surface area contributed by atoms with Crippen LogP contribution in [0, 0.1) is 0 Å². The summed E-state index contributed by atoms with van der Waals surface area (Å²) in [5.74, 6) is -1.71. The Kier molecular flexibility index (Phi) is 6.12. The number of aliphatic hydroxyl groups is 1. The molecule has 4 rings (SSSR count). The number of aromatic nitrogens is 2. The number of rotatable bonds is 5. The Morgan fingerprint density at radius 2 is 1.78 bits per heavy atom. The zero-order valence-corrected chi connectivity index (χ0v) is 18.3. The number of amides is 1. The first-order valence-corrected chi connectivity index (χ1v) is 10.3. The fourth-order valence-corrected chi connectivity index (χ4v) is 4.29. The molecule has 1 N–H and O–H groups in total. The number of aliphatic hydroxyl groups excluding tert-OH is 1. The first kappa shape index (κ1) is 21.8. The Bertz CT molecular complexity index is 1190. The van der Waals surface area contributed by atoms with E-state index in [1.165, 1.54) is 24.1 Å². The van der Waals surface area contributed by atoms with E-state index in [1.54, 1.807) is 48.9 Å². The number of hydrogen-bond donors (Lipinski definition) is 1. The van der Waals surface area contributed by atoms with Crippen LogP contribution < -0.4 is 4.74 Å². The van der Waals surface area contributed by atoms with Crippen LogP contribution in [-0.2, 0) is 16.1 Å². The molecule has 1 aliphatic heterocycles. The van der Waals surface area contributed by atoms with Gasteiger partial charge in [0, 0.05) is 24.2 Å². The average molecular weight is 470 g/mol. The van der Waals surface area contributed by atoms with Crippen LogP contribution in [-0.4, -0.2) is 38.8 Å². The Labute approximate surface area is 193 Å². The van der Waals surface area contributed by atoms with Gasteiger partial charge in [-0.05, 0) is 42.0 Å². The highest BCUT2D eigenvalue weighted by atomic mass is 35.5. The highest BCUT2D eigenvalue weighted by Gasteiger charge is 2.46. The molecule has 0 saturated carbocycles. The van der Waals surface area contributed by atoms with Crippen LogP contribution in [0.2, 0.25) is 10.0 Å². The molecular formula is C23H17Cl2N3O4. The third-order valence-corrected chi connectivity index (χ3v) is 5.66. The number of carbonyl (C=O) groups is 2. The maximum absolute atomic E-state index is 13.1. The molecule has 2 aromatic heterocycles. The molecule has 0 aliphatic carbocycles. The van der Waals surface area contributed by atoms with Gasteiger partial charge in [0.15, 0.2) is 5.75 Å². The minimum absolute atomic E-state index is 0.0746. The van der Waals surface area contributed by atoms with Crippen molar-refractivity contribution < 1.29 is 19.4 Å². The second kappa shape index (κ2) is 8.98. The van der Waals surface area contributed by atoms with Crippen LogP contribution in [0.3, 0.4) is 0 Å². The Morgan fingerprint density at radius 3 is 2.38 bits per heavy atom. The fraction of sp³-hybridized carbons (Fsp3) is 0.130. The number of ketones is 1. The number of pyridine rings is 2. The molecule has 7 nitrogen and oxygen atoms in total. The van der Waals surface area contributed by atoms with Gasteiger partial charge in [0.25, 0.3) is 11.7 Å². The van der Waals surface area contributed by atoms with Gasteiger partial charge < -0.3 is 14.7 Å². The summed E-state index contributed by atoms with van der Waals surface area (Å²) in [6, 6.07) is 10.7. The van der Waals surface area contributed by atoms with Gasteiger partial charge in [-0.1, -0.05) is 29.3 Å². The van der Waals surface area contributed by atoms with Crippen LogP contribution in [0.1, 0.15) is 22.9 Å². The van der Waals surface area contributed by atoms with E-state index in [2.05, 4.69) is 9.97 Å². The topological polar surface area (TPSA) is 92.6 Å². The van der Waals surface area contributed by atoms with Crippen molar-refractivity contribution in [2.24, 2.45) is 0 Å². The van der Waals surface area contributed by atoms with Crippen LogP contribution in [0.15, 0.2) is 66.6 Å². The summed E-state index contributed by atoms with van der Waals surface area (Å²) in [6.07, 6.45) is 4.71. The predicted octanol–water partition coefficient (Wildman–Crippen LogP) is 4.41. The maximum Gasteiger partial charge on any atom is 0.296 e. The fourth-order valence-electron chi connectivity index (χ4n) is 3.65. The van der Waals surface area contributed by atoms with Crippen LogP contribution in [0.4, 0.5) is 0 Å². The molecule has 9 heteroatoms. The van der Waals surface area contributed by atoms with E-state index in [-0.39, 0.29) is 39.2 Å². The number of halogens is 2. The lowest BCUT2D eigenvalue weighted by molar-refractivity contribution is -0.140. The lowest BCUT2D eigenvalue weighted by atomic mass is 9.96. The number of carbonyl (C=O) groups excluding carboxylic acids is 2. The average Bonchev–Trinajstić information content (AvgIpc) is 3.04. The van der Waals surface area contributed by atoms with Gasteiger partial charge in [-0.2, -0.15) is 0 Å². The molecule has 3 aromatic rings. The largest absolute Gasteiger partial charge is 0.507 e. The van der Waals surface area contributed by atoms with Crippen LogP contribution in [0.5, 0.6) is 5.75 Å². The van der Waals surface area contributed by atoms with Crippen molar-refractivity contribution in [3.63, 3.8) is 0 Å². The molecule has 1 aromatic carbocycles. The normalized spacial score (nSPS) is 17.6. The van der Waals surface area contributed by atoms with Crippen molar-refractivity contribution in [3.8, 4) is 5.75 Å². The first-order chi connectivity index (χ1) is 15.4. The third kappa shape index (κ3) is 3.92. The zero-order valence-electron chi connectivity index (χ0n) is 16.8. The summed E-state index contributed by atoms with van der Waals surface area (Å²) in [5, 5.41) is 11.4. The van der Waals surface area contributed by atoms with Crippen LogP contribution in [0.25, 0.3) is 5.76 Å². The van der Waals surface area contributed by atoms with E-state index in [0.717, 1.165) is 0 Å². The Morgan fingerprint density at radius 1 is 1.09 bits per heavy atom. The molecule has 32 heavy (non-hydrogen) atoms. The summed E-state index contributed by atoms with van der Waals surface area (Å²) in [5.41, 5.74) is 1.33. The number of nitrogens with zero attached hydrogens (tertiary/aromatic N) is 3. The number of Topliss-reactive ketones (excluding diaryl/α,β-unsaturated/α-hetero) is 1. The zero-order chi connectivity index (χ0) is 22.8. The number of ether oxygens (including phenoxy) is 1. The van der Waals surface area contributed by atoms with Gasteiger partial charge in [-0.3, -0.25) is 19.6 Å². The van der Waals surface area contributed by atoms with Gasteiger partial charge in [-0.15, -0.1) is 0 Å². The minimum atomic E-state index is -0.848. The standard InChI is InChI=1S/C23H17Cl2N3O4/c1-32-22-16(24)10-14(11-17(22)25)20(29)18-19(13-5-8-26-9-6-13)28(23(31)21(18)30)12-15-4-2-3-7-27-15/h2-11,19,29H,12H2,1H3/b20-18+. The van der Waals surface area contributed by atoms with Gasteiger partial charge in [0.2, 0.25) is 0 Å². The van der Waals surface area contributed by atoms with Crippen molar-refractivity contribution in [3.05, 3.63) is 93.5 Å². The molecule has 1 amide bonds. The van der Waals surface area contributed by atoms with Crippen molar-refractivity contribution in [1.29, 1.82) is 0 Å². The van der Waals surface area contributed by atoms with Gasteiger partial charge in [0.1, 0.15) is 5.76 Å². The quantitative estimate of drug-likeness (QED) is 0.337. The van der Waals surface area contributed by atoms with Gasteiger partial charge in [0.05, 0.1) is 41.0 Å². The molecule has 1 saturated heterocycles. The van der Waals surface area contributed by atoms with E-state index in [1.807, 2.05) is 0 Å². The summed E-state index contributed by atoms with van der Waals surface area (Å²) in [7, 11) is 1.42. The number of benzene rings is 1. The van der Waals surface area contributed by atoms with E-state index in [0.29, 0.717) is 11.3 Å². The molecule has 0 radical (unpaired) electrons. The van der Waals surface area contributed by atoms with E-state index in [9.17, 15) is 14.7 Å². The molecule has 0 spiro atoms. The summed E-state index contributed by atoms with van der Waals surface area (Å²) in [6.45, 7) is 0.0826. The van der Waals surface area contributed by atoms with Gasteiger partial charge in [-0.25, -0.2) is 0 Å². The van der Waals surface area contributed by atoms with E-state index in [4.69, 9.17) is 27.9 Å². The molecule has 1 aliphatic rings. The van der Waals surface area contributed by atoms with E-state index < -0.39 is 17.7 Å². The highest BCUT2D eigenvalue weighted by molar-refractivity contribution is 6.46. The van der Waals surface area contributed by atoms with Crippen molar-refractivity contribution in [2.45, 2.75) is 12.6 Å². The highest BCUT2D eigenvalue weighted by Crippen LogP contribution is 2.42. The summed E-state index contributed by atoms with van der Waals surface area (Å²) >= 11 is 12.4. The minimum Gasteiger partial charge on any atom is -0.507 e. The Balaban J connectivity index is 1.87. The molecule has 162 valence electrons. The second-order valence-corrected chi connectivity index (χ2v) is 7.82. The number of likely N-dealkylation sites (tertiary alicyclic amines) is 1. The Hall–Kier alpha value is -3.42. The van der Waals surface area contributed by atoms with Crippen molar-refractivity contribution in [2.75, 3.05) is 7.11 Å². The first-order valence-electron chi connectivity index (χ1n) is 9.54. The summed E-state index contributed by atoms with van der Waals surface area (Å²) < 4.78 is 5.14. The number of methoxy groups -OCH3 is 1. The predicted molar refractivity (Wildman–Crippen MR) is 119 cm³/mol. The lowest BCUT2D eigenvalue weighted by Crippen LogP contribution is -2.29. The van der Waals surface area contributed by atoms with Crippen LogP contribution >= 0.6 is 23.2 Å². The maximum atomic E-state index is 13.1. The third-order valence-electron chi connectivity index (χ3n) is 5.10. The van der Waals surface area contributed by atoms with Crippen molar-refractivity contribution >= 4 is 40.7 Å². The molecular weight excluding hydrogens is 453 g/mol. The molecule has 3 heterocycles. The number of hydrogen-bond acceptors (Lipinski definition) is 6. The van der Waals surface area contributed by atoms with Crippen molar-refractivity contribution in [1.82, 2.24) is 14.9 Å². The molecule has 1 unspecified atom stereocenters. The van der Waals surface area contributed by atoms with E-state index >= 15 is 0 Å². The summed E-state index contributed by atoms with van der Waals surface area (Å²) in [4.78, 5) is 35.7.